The fraction of sp³-hybridized carbons (Fsp3) is 0.235. The van der Waals surface area contributed by atoms with E-state index in [1.54, 1.807) is 0 Å². The van der Waals surface area contributed by atoms with E-state index in [0.29, 0.717) is 13.2 Å². The quantitative estimate of drug-likeness (QED) is 0.872. The molecule has 0 radical (unpaired) electrons. The summed E-state index contributed by atoms with van der Waals surface area (Å²) >= 11 is 0. The Hall–Kier alpha value is -2.49. The molecule has 21 heavy (non-hydrogen) atoms. The van der Waals surface area contributed by atoms with Crippen molar-refractivity contribution >= 4 is 17.3 Å². The van der Waals surface area contributed by atoms with Gasteiger partial charge in [0.05, 0.1) is 12.2 Å². The van der Waals surface area contributed by atoms with Crippen LogP contribution >= 0.6 is 0 Å². The third-order valence-electron chi connectivity index (χ3n) is 4.06. The number of ether oxygens (including phenoxy) is 1. The summed E-state index contributed by atoms with van der Waals surface area (Å²) in [6, 6.07) is 15.6. The minimum Gasteiger partial charge on any atom is -0.490 e. The molecule has 0 aliphatic carbocycles. The lowest BCUT2D eigenvalue weighted by atomic mass is 10.1. The maximum atomic E-state index is 12.8. The van der Waals surface area contributed by atoms with Gasteiger partial charge in [0.1, 0.15) is 18.4 Å². The van der Waals surface area contributed by atoms with Crippen LogP contribution in [-0.2, 0) is 11.2 Å². The van der Waals surface area contributed by atoms with Crippen molar-refractivity contribution in [1.82, 2.24) is 0 Å². The second-order valence-corrected chi connectivity index (χ2v) is 5.36. The maximum absolute atomic E-state index is 12.8. The highest BCUT2D eigenvalue weighted by Crippen LogP contribution is 2.33. The predicted molar refractivity (Wildman–Crippen MR) is 81.8 cm³/mol. The van der Waals surface area contributed by atoms with Crippen LogP contribution in [0, 0.1) is 0 Å². The topological polar surface area (TPSA) is 41.6 Å². The second kappa shape index (κ2) is 4.81. The van der Waals surface area contributed by atoms with Crippen LogP contribution in [0.4, 0.5) is 11.4 Å². The van der Waals surface area contributed by atoms with Gasteiger partial charge in [-0.3, -0.25) is 4.79 Å². The first-order chi connectivity index (χ1) is 10.3. The van der Waals surface area contributed by atoms with E-state index >= 15 is 0 Å². The molecular weight excluding hydrogens is 264 g/mol. The van der Waals surface area contributed by atoms with E-state index in [9.17, 15) is 4.79 Å². The molecular formula is C17H16N2O2. The van der Waals surface area contributed by atoms with Crippen LogP contribution in [-0.4, -0.2) is 25.1 Å². The van der Waals surface area contributed by atoms with E-state index in [1.165, 1.54) is 5.56 Å². The zero-order chi connectivity index (χ0) is 14.2. The Bertz CT molecular complexity index is 674. The van der Waals surface area contributed by atoms with E-state index < -0.39 is 0 Å². The summed E-state index contributed by atoms with van der Waals surface area (Å²) in [6.07, 6.45) is 0.745. The molecule has 0 saturated heterocycles. The van der Waals surface area contributed by atoms with Crippen molar-refractivity contribution in [2.45, 2.75) is 12.5 Å². The predicted octanol–water partition coefficient (Wildman–Crippen LogP) is 2.45. The highest BCUT2D eigenvalue weighted by molar-refractivity contribution is 6.01. The molecule has 0 saturated carbocycles. The lowest BCUT2D eigenvalue weighted by molar-refractivity contribution is -0.119. The Morgan fingerprint density at radius 3 is 2.86 bits per heavy atom. The number of amides is 1. The minimum absolute atomic E-state index is 0.113. The largest absolute Gasteiger partial charge is 0.490 e. The van der Waals surface area contributed by atoms with Crippen LogP contribution in [0.15, 0.2) is 48.5 Å². The molecule has 4 rings (SSSR count). The smallest absolute Gasteiger partial charge is 0.250 e. The third-order valence-corrected chi connectivity index (χ3v) is 4.06. The van der Waals surface area contributed by atoms with E-state index in [4.69, 9.17) is 4.74 Å². The summed E-state index contributed by atoms with van der Waals surface area (Å²) in [4.78, 5) is 14.7. The number of para-hydroxylation sites is 3. The Kier molecular flexibility index (Phi) is 2.81. The first-order valence-corrected chi connectivity index (χ1v) is 7.20. The van der Waals surface area contributed by atoms with Gasteiger partial charge in [0, 0.05) is 12.1 Å². The number of benzene rings is 2. The van der Waals surface area contributed by atoms with Gasteiger partial charge in [-0.1, -0.05) is 30.3 Å². The third kappa shape index (κ3) is 2.03. The number of hydrogen-bond acceptors (Lipinski definition) is 3. The molecule has 4 heteroatoms. The van der Waals surface area contributed by atoms with Crippen LogP contribution in [0.2, 0.25) is 0 Å². The summed E-state index contributed by atoms with van der Waals surface area (Å²) < 4.78 is 5.61. The normalized spacial score (nSPS) is 19.2. The number of fused-ring (bicyclic) bond motifs is 2. The highest BCUT2D eigenvalue weighted by atomic mass is 16.5. The van der Waals surface area contributed by atoms with Gasteiger partial charge >= 0.3 is 0 Å². The average molecular weight is 280 g/mol. The van der Waals surface area contributed by atoms with Crippen molar-refractivity contribution in [3.05, 3.63) is 54.1 Å². The number of carbonyl (C=O) groups is 1. The summed E-state index contributed by atoms with van der Waals surface area (Å²) in [5, 5.41) is 3.33. The van der Waals surface area contributed by atoms with Crippen LogP contribution < -0.4 is 15.0 Å². The standard InChI is InChI=1S/C17H16N2O2/c20-17(14-11-12-5-1-2-6-13(12)18-14)19-9-10-21-16-8-4-3-7-15(16)19/h1-8,14,18H,9-11H2. The molecule has 0 aromatic heterocycles. The fourth-order valence-corrected chi connectivity index (χ4v) is 3.03. The molecule has 2 aromatic rings. The van der Waals surface area contributed by atoms with Crippen molar-refractivity contribution in [3.8, 4) is 5.75 Å². The number of hydrogen-bond donors (Lipinski definition) is 1. The molecule has 1 unspecified atom stereocenters. The molecule has 1 atom stereocenters. The lowest BCUT2D eigenvalue weighted by Gasteiger charge is -2.31. The molecule has 2 aromatic carbocycles. The van der Waals surface area contributed by atoms with Gasteiger partial charge in [0.25, 0.3) is 0 Å². The molecule has 2 aliphatic heterocycles. The number of nitrogens with one attached hydrogen (secondary N) is 1. The molecule has 4 nitrogen and oxygen atoms in total. The summed E-state index contributed by atoms with van der Waals surface area (Å²) in [7, 11) is 0. The molecule has 0 bridgehead atoms. The van der Waals surface area contributed by atoms with Gasteiger partial charge in [0.15, 0.2) is 0 Å². The van der Waals surface area contributed by atoms with Crippen molar-refractivity contribution in [2.24, 2.45) is 0 Å². The van der Waals surface area contributed by atoms with Crippen molar-refractivity contribution in [3.63, 3.8) is 0 Å². The molecule has 0 spiro atoms. The van der Waals surface area contributed by atoms with Crippen molar-refractivity contribution in [1.29, 1.82) is 0 Å². The highest BCUT2D eigenvalue weighted by Gasteiger charge is 2.32. The van der Waals surface area contributed by atoms with E-state index in [2.05, 4.69) is 11.4 Å². The first-order valence-electron chi connectivity index (χ1n) is 7.20. The van der Waals surface area contributed by atoms with Crippen LogP contribution in [0.3, 0.4) is 0 Å². The van der Waals surface area contributed by atoms with E-state index in [1.807, 2.05) is 47.4 Å². The Balaban J connectivity index is 1.60. The molecule has 106 valence electrons. The minimum atomic E-state index is -0.187. The lowest BCUT2D eigenvalue weighted by Crippen LogP contribution is -2.45. The number of nitrogens with zero attached hydrogens (tertiary/aromatic N) is 1. The van der Waals surface area contributed by atoms with Gasteiger partial charge in [-0.15, -0.1) is 0 Å². The number of anilines is 2. The SMILES string of the molecule is O=C(C1Cc2ccccc2N1)N1CCOc2ccccc21. The van der Waals surface area contributed by atoms with E-state index in [0.717, 1.165) is 23.5 Å². The first kappa shape index (κ1) is 12.3. The van der Waals surface area contributed by atoms with Crippen LogP contribution in [0.5, 0.6) is 5.75 Å². The molecule has 0 fully saturated rings. The molecule has 1 amide bonds. The van der Waals surface area contributed by atoms with Gasteiger partial charge in [0.2, 0.25) is 5.91 Å². The fourth-order valence-electron chi connectivity index (χ4n) is 3.03. The monoisotopic (exact) mass is 280 g/mol. The van der Waals surface area contributed by atoms with Crippen LogP contribution in [0.1, 0.15) is 5.56 Å². The number of carbonyl (C=O) groups excluding carboxylic acids is 1. The van der Waals surface area contributed by atoms with Gasteiger partial charge in [-0.05, 0) is 23.8 Å². The zero-order valence-electron chi connectivity index (χ0n) is 11.6. The second-order valence-electron chi connectivity index (χ2n) is 5.36. The Morgan fingerprint density at radius 2 is 1.95 bits per heavy atom. The van der Waals surface area contributed by atoms with Gasteiger partial charge in [-0.2, -0.15) is 0 Å². The Labute approximate surface area is 123 Å². The number of rotatable bonds is 1. The molecule has 2 aliphatic rings. The average Bonchev–Trinajstić information content (AvgIpc) is 2.97. The van der Waals surface area contributed by atoms with Gasteiger partial charge in [-0.25, -0.2) is 0 Å². The molecule has 1 N–H and O–H groups in total. The zero-order valence-corrected chi connectivity index (χ0v) is 11.6. The Morgan fingerprint density at radius 1 is 1.14 bits per heavy atom. The summed E-state index contributed by atoms with van der Waals surface area (Å²) in [6.45, 7) is 1.15. The van der Waals surface area contributed by atoms with Crippen molar-refractivity contribution < 1.29 is 9.53 Å². The van der Waals surface area contributed by atoms with E-state index in [-0.39, 0.29) is 11.9 Å². The van der Waals surface area contributed by atoms with Crippen molar-refractivity contribution in [2.75, 3.05) is 23.4 Å². The van der Waals surface area contributed by atoms with Crippen LogP contribution in [0.25, 0.3) is 0 Å². The molecule has 2 heterocycles. The summed E-state index contributed by atoms with van der Waals surface area (Å²) in [5.41, 5.74) is 3.14. The van der Waals surface area contributed by atoms with Gasteiger partial charge < -0.3 is 15.0 Å². The summed E-state index contributed by atoms with van der Waals surface area (Å²) in [5.74, 6) is 0.898. The maximum Gasteiger partial charge on any atom is 0.250 e.